The van der Waals surface area contributed by atoms with Crippen molar-refractivity contribution in [3.05, 3.63) is 49.8 Å². The first-order valence-electron chi connectivity index (χ1n) is 5.82. The van der Waals surface area contributed by atoms with Gasteiger partial charge in [-0.15, -0.1) is 0 Å². The first-order valence-corrected chi connectivity index (χ1v) is 7.69. The number of benzene rings is 1. The number of halogens is 2. The van der Waals surface area contributed by atoms with E-state index in [1.54, 1.807) is 0 Å². The summed E-state index contributed by atoms with van der Waals surface area (Å²) in [6, 6.07) is 8.51. The number of hydrogen-bond donors (Lipinski definition) is 0. The van der Waals surface area contributed by atoms with E-state index in [0.717, 1.165) is 27.7 Å². The van der Waals surface area contributed by atoms with Crippen LogP contribution >= 0.6 is 38.5 Å². The molecular formula is C13H12BrIN2O. The van der Waals surface area contributed by atoms with Gasteiger partial charge in [-0.2, -0.15) is 5.10 Å². The molecule has 0 saturated heterocycles. The Morgan fingerprint density at radius 2 is 2.28 bits per heavy atom. The smallest absolute Gasteiger partial charge is 0.137 e. The maximum atomic E-state index is 5.88. The zero-order valence-electron chi connectivity index (χ0n) is 9.64. The molecule has 3 nitrogen and oxygen atoms in total. The predicted molar refractivity (Wildman–Crippen MR) is 81.5 cm³/mol. The van der Waals surface area contributed by atoms with Crippen molar-refractivity contribution in [2.75, 3.05) is 6.61 Å². The van der Waals surface area contributed by atoms with Gasteiger partial charge in [0.15, 0.2) is 0 Å². The highest BCUT2D eigenvalue weighted by Crippen LogP contribution is 2.28. The summed E-state index contributed by atoms with van der Waals surface area (Å²) in [5.41, 5.74) is 2.69. The van der Waals surface area contributed by atoms with Crippen LogP contribution < -0.4 is 0 Å². The second-order valence-electron chi connectivity index (χ2n) is 4.30. The molecule has 0 amide bonds. The van der Waals surface area contributed by atoms with E-state index in [0.29, 0.717) is 0 Å². The SMILES string of the molecule is Brc1cn(CC2OCCc3ccccc32)nc1I. The Hall–Kier alpha value is -0.400. The molecule has 0 fully saturated rings. The van der Waals surface area contributed by atoms with Gasteiger partial charge in [-0.05, 0) is 56.1 Å². The molecule has 1 unspecified atom stereocenters. The molecule has 0 saturated carbocycles. The van der Waals surface area contributed by atoms with Gasteiger partial charge in [-0.3, -0.25) is 4.68 Å². The van der Waals surface area contributed by atoms with Crippen LogP contribution in [-0.2, 0) is 17.7 Å². The van der Waals surface area contributed by atoms with Gasteiger partial charge in [0.2, 0.25) is 0 Å². The second-order valence-corrected chi connectivity index (χ2v) is 6.17. The van der Waals surface area contributed by atoms with Gasteiger partial charge in [-0.25, -0.2) is 0 Å². The monoisotopic (exact) mass is 418 g/mol. The molecule has 1 aliphatic heterocycles. The minimum absolute atomic E-state index is 0.109. The molecule has 94 valence electrons. The lowest BCUT2D eigenvalue weighted by atomic mass is 9.98. The summed E-state index contributed by atoms with van der Waals surface area (Å²) in [6.45, 7) is 1.56. The van der Waals surface area contributed by atoms with Crippen LogP contribution in [0.3, 0.4) is 0 Å². The van der Waals surface area contributed by atoms with E-state index in [1.165, 1.54) is 11.1 Å². The lowest BCUT2D eigenvalue weighted by Crippen LogP contribution is -2.20. The van der Waals surface area contributed by atoms with Crippen LogP contribution in [0, 0.1) is 3.70 Å². The van der Waals surface area contributed by atoms with Crippen LogP contribution in [0.5, 0.6) is 0 Å². The highest BCUT2D eigenvalue weighted by Gasteiger charge is 2.21. The molecule has 1 aromatic carbocycles. The van der Waals surface area contributed by atoms with Crippen LogP contribution in [0.4, 0.5) is 0 Å². The van der Waals surface area contributed by atoms with Crippen LogP contribution in [-0.4, -0.2) is 16.4 Å². The number of rotatable bonds is 2. The molecule has 1 aliphatic rings. The van der Waals surface area contributed by atoms with Crippen molar-refractivity contribution in [3.8, 4) is 0 Å². The van der Waals surface area contributed by atoms with E-state index in [9.17, 15) is 0 Å². The molecule has 2 heterocycles. The maximum Gasteiger partial charge on any atom is 0.137 e. The summed E-state index contributed by atoms with van der Waals surface area (Å²) >= 11 is 5.70. The van der Waals surface area contributed by atoms with Crippen molar-refractivity contribution in [1.29, 1.82) is 0 Å². The Morgan fingerprint density at radius 1 is 1.44 bits per heavy atom. The lowest BCUT2D eigenvalue weighted by molar-refractivity contribution is 0.0282. The topological polar surface area (TPSA) is 27.1 Å². The highest BCUT2D eigenvalue weighted by molar-refractivity contribution is 14.1. The van der Waals surface area contributed by atoms with E-state index in [1.807, 2.05) is 10.9 Å². The summed E-state index contributed by atoms with van der Waals surface area (Å²) in [5, 5.41) is 4.45. The van der Waals surface area contributed by atoms with Crippen LogP contribution in [0.2, 0.25) is 0 Å². The van der Waals surface area contributed by atoms with Gasteiger partial charge in [0.05, 0.1) is 17.6 Å². The Kier molecular flexibility index (Phi) is 3.72. The second kappa shape index (κ2) is 5.30. The average Bonchev–Trinajstić information content (AvgIpc) is 2.69. The molecule has 0 bridgehead atoms. The molecule has 3 rings (SSSR count). The molecule has 1 aromatic heterocycles. The van der Waals surface area contributed by atoms with Crippen molar-refractivity contribution in [1.82, 2.24) is 9.78 Å². The van der Waals surface area contributed by atoms with E-state index >= 15 is 0 Å². The number of nitrogens with zero attached hydrogens (tertiary/aromatic N) is 2. The van der Waals surface area contributed by atoms with E-state index < -0.39 is 0 Å². The average molecular weight is 419 g/mol. The molecule has 0 spiro atoms. The third-order valence-corrected chi connectivity index (χ3v) is 5.24. The van der Waals surface area contributed by atoms with Crippen molar-refractivity contribution in [3.63, 3.8) is 0 Å². The van der Waals surface area contributed by atoms with Gasteiger partial charge in [0.25, 0.3) is 0 Å². The van der Waals surface area contributed by atoms with Gasteiger partial charge in [0.1, 0.15) is 9.80 Å². The maximum absolute atomic E-state index is 5.88. The predicted octanol–water partition coefficient (Wildman–Crippen LogP) is 3.56. The normalized spacial score (nSPS) is 18.7. The fourth-order valence-corrected chi connectivity index (χ4v) is 3.00. The van der Waals surface area contributed by atoms with E-state index in [2.05, 4.69) is 67.9 Å². The molecule has 2 aromatic rings. The summed E-state index contributed by atoms with van der Waals surface area (Å²) in [4.78, 5) is 0. The largest absolute Gasteiger partial charge is 0.371 e. The van der Waals surface area contributed by atoms with Crippen molar-refractivity contribution in [2.24, 2.45) is 0 Å². The Labute approximate surface area is 128 Å². The molecule has 18 heavy (non-hydrogen) atoms. The van der Waals surface area contributed by atoms with Gasteiger partial charge in [-0.1, -0.05) is 24.3 Å². The van der Waals surface area contributed by atoms with E-state index in [-0.39, 0.29) is 6.10 Å². The minimum atomic E-state index is 0.109. The van der Waals surface area contributed by atoms with Crippen molar-refractivity contribution in [2.45, 2.75) is 19.1 Å². The van der Waals surface area contributed by atoms with Crippen LogP contribution in [0.25, 0.3) is 0 Å². The number of hydrogen-bond acceptors (Lipinski definition) is 2. The number of aromatic nitrogens is 2. The molecule has 5 heteroatoms. The number of fused-ring (bicyclic) bond motifs is 1. The molecule has 0 aliphatic carbocycles. The van der Waals surface area contributed by atoms with Gasteiger partial charge in [0, 0.05) is 6.20 Å². The summed E-state index contributed by atoms with van der Waals surface area (Å²) in [7, 11) is 0. The molecular weight excluding hydrogens is 407 g/mol. The van der Waals surface area contributed by atoms with Crippen molar-refractivity contribution >= 4 is 38.5 Å². The summed E-state index contributed by atoms with van der Waals surface area (Å²) in [6.07, 6.45) is 3.12. The minimum Gasteiger partial charge on any atom is -0.371 e. The standard InChI is InChI=1S/C13H12BrIN2O/c14-11-7-17(16-13(11)15)8-12-10-4-2-1-3-9(10)5-6-18-12/h1-4,7,12H,5-6,8H2. The third-order valence-electron chi connectivity index (χ3n) is 3.12. The first kappa shape index (κ1) is 12.6. The summed E-state index contributed by atoms with van der Waals surface area (Å²) < 4.78 is 9.84. The van der Waals surface area contributed by atoms with Gasteiger partial charge < -0.3 is 4.74 Å². The van der Waals surface area contributed by atoms with Gasteiger partial charge >= 0.3 is 0 Å². The first-order chi connectivity index (χ1) is 8.74. The number of ether oxygens (including phenoxy) is 1. The Morgan fingerprint density at radius 3 is 3.06 bits per heavy atom. The zero-order chi connectivity index (χ0) is 12.5. The molecule has 1 atom stereocenters. The molecule has 0 N–H and O–H groups in total. The van der Waals surface area contributed by atoms with E-state index in [4.69, 9.17) is 4.74 Å². The van der Waals surface area contributed by atoms with Crippen LogP contribution in [0.1, 0.15) is 17.2 Å². The quantitative estimate of drug-likeness (QED) is 0.697. The zero-order valence-corrected chi connectivity index (χ0v) is 13.4. The lowest BCUT2D eigenvalue weighted by Gasteiger charge is -2.25. The molecule has 0 radical (unpaired) electrons. The fraction of sp³-hybridized carbons (Fsp3) is 0.308. The highest BCUT2D eigenvalue weighted by atomic mass is 127. The third kappa shape index (κ3) is 2.48. The summed E-state index contributed by atoms with van der Waals surface area (Å²) in [5.74, 6) is 0. The Balaban J connectivity index is 1.86. The van der Waals surface area contributed by atoms with Crippen molar-refractivity contribution < 1.29 is 4.74 Å². The fourth-order valence-electron chi connectivity index (χ4n) is 2.26. The van der Waals surface area contributed by atoms with Crippen LogP contribution in [0.15, 0.2) is 34.9 Å². The Bertz CT molecular complexity index is 550.